The first-order chi connectivity index (χ1) is 8.15. The number of hydrogen-bond acceptors (Lipinski definition) is 3. The van der Waals surface area contributed by atoms with Gasteiger partial charge in [0.05, 0.1) is 12.7 Å². The Morgan fingerprint density at radius 1 is 1.29 bits per heavy atom. The van der Waals surface area contributed by atoms with Gasteiger partial charge in [-0.15, -0.1) is 0 Å². The van der Waals surface area contributed by atoms with Crippen LogP contribution in [-0.2, 0) is 6.54 Å². The predicted molar refractivity (Wildman–Crippen MR) is 63.6 cm³/mol. The molecule has 0 aliphatic heterocycles. The fourth-order valence-corrected chi connectivity index (χ4v) is 1.45. The van der Waals surface area contributed by atoms with E-state index in [1.165, 1.54) is 0 Å². The van der Waals surface area contributed by atoms with E-state index in [0.717, 1.165) is 11.3 Å². The number of nitrogens with zero attached hydrogens (tertiary/aromatic N) is 1. The molecule has 17 heavy (non-hydrogen) atoms. The Hall–Kier alpha value is -2.10. The van der Waals surface area contributed by atoms with E-state index < -0.39 is 0 Å². The minimum Gasteiger partial charge on any atom is -0.444 e. The Morgan fingerprint density at radius 3 is 2.59 bits per heavy atom. The highest BCUT2D eigenvalue weighted by Crippen LogP contribution is 2.04. The highest BCUT2D eigenvalue weighted by Gasteiger charge is 2.06. The van der Waals surface area contributed by atoms with Gasteiger partial charge in [-0.1, -0.05) is 17.7 Å². The van der Waals surface area contributed by atoms with Crippen molar-refractivity contribution in [1.82, 2.24) is 10.3 Å². The number of benzene rings is 1. The van der Waals surface area contributed by atoms with Crippen LogP contribution in [-0.4, -0.2) is 10.9 Å². The zero-order valence-corrected chi connectivity index (χ0v) is 9.86. The standard InChI is InChI=1S/C13H14N2O2/c1-9-3-5-11(6-4-9)13(16)15-8-12-14-7-10(2)17-12/h3-7H,8H2,1-2H3,(H,15,16). The zero-order chi connectivity index (χ0) is 12.3. The first-order valence-electron chi connectivity index (χ1n) is 5.41. The van der Waals surface area contributed by atoms with Gasteiger partial charge in [-0.25, -0.2) is 4.98 Å². The summed E-state index contributed by atoms with van der Waals surface area (Å²) >= 11 is 0. The zero-order valence-electron chi connectivity index (χ0n) is 9.86. The van der Waals surface area contributed by atoms with E-state index in [-0.39, 0.29) is 5.91 Å². The third-order valence-electron chi connectivity index (χ3n) is 2.38. The number of nitrogens with one attached hydrogen (secondary N) is 1. The van der Waals surface area contributed by atoms with Gasteiger partial charge in [0.15, 0.2) is 0 Å². The lowest BCUT2D eigenvalue weighted by Gasteiger charge is -2.02. The fourth-order valence-electron chi connectivity index (χ4n) is 1.45. The normalized spacial score (nSPS) is 10.2. The molecule has 0 saturated heterocycles. The summed E-state index contributed by atoms with van der Waals surface area (Å²) in [6.45, 7) is 4.11. The first kappa shape index (κ1) is 11.4. The monoisotopic (exact) mass is 230 g/mol. The molecule has 0 atom stereocenters. The molecule has 2 rings (SSSR count). The van der Waals surface area contributed by atoms with Crippen LogP contribution in [0.25, 0.3) is 0 Å². The van der Waals surface area contributed by atoms with E-state index in [1.54, 1.807) is 18.3 Å². The lowest BCUT2D eigenvalue weighted by atomic mass is 10.1. The number of hydrogen-bond donors (Lipinski definition) is 1. The van der Waals surface area contributed by atoms with Crippen molar-refractivity contribution >= 4 is 5.91 Å². The quantitative estimate of drug-likeness (QED) is 0.879. The molecule has 0 radical (unpaired) electrons. The van der Waals surface area contributed by atoms with Gasteiger partial charge in [0.2, 0.25) is 5.89 Å². The molecule has 1 N–H and O–H groups in total. The summed E-state index contributed by atoms with van der Waals surface area (Å²) < 4.78 is 5.26. The SMILES string of the molecule is Cc1ccc(C(=O)NCc2ncc(C)o2)cc1. The number of aryl methyl sites for hydroxylation is 2. The van der Waals surface area contributed by atoms with E-state index in [2.05, 4.69) is 10.3 Å². The van der Waals surface area contributed by atoms with E-state index in [0.29, 0.717) is 18.0 Å². The van der Waals surface area contributed by atoms with Crippen LogP contribution in [0.5, 0.6) is 0 Å². The van der Waals surface area contributed by atoms with Gasteiger partial charge >= 0.3 is 0 Å². The van der Waals surface area contributed by atoms with Gasteiger partial charge < -0.3 is 9.73 Å². The van der Waals surface area contributed by atoms with E-state index in [9.17, 15) is 4.79 Å². The second-order valence-corrected chi connectivity index (χ2v) is 3.91. The molecule has 4 nitrogen and oxygen atoms in total. The van der Waals surface area contributed by atoms with Crippen LogP contribution < -0.4 is 5.32 Å². The molecular formula is C13H14N2O2. The van der Waals surface area contributed by atoms with E-state index in [4.69, 9.17) is 4.42 Å². The Kier molecular flexibility index (Phi) is 3.23. The average Bonchev–Trinajstić information content (AvgIpc) is 2.73. The number of amides is 1. The molecule has 0 aliphatic carbocycles. The van der Waals surface area contributed by atoms with Crippen molar-refractivity contribution in [3.05, 3.63) is 53.2 Å². The molecule has 0 saturated carbocycles. The van der Waals surface area contributed by atoms with Crippen molar-refractivity contribution in [1.29, 1.82) is 0 Å². The fraction of sp³-hybridized carbons (Fsp3) is 0.231. The highest BCUT2D eigenvalue weighted by atomic mass is 16.4. The molecule has 1 amide bonds. The average molecular weight is 230 g/mol. The van der Waals surface area contributed by atoms with Crippen molar-refractivity contribution < 1.29 is 9.21 Å². The molecule has 0 unspecified atom stereocenters. The molecule has 1 aromatic carbocycles. The molecule has 88 valence electrons. The van der Waals surface area contributed by atoms with Gasteiger partial charge in [-0.2, -0.15) is 0 Å². The lowest BCUT2D eigenvalue weighted by Crippen LogP contribution is -2.22. The summed E-state index contributed by atoms with van der Waals surface area (Å²) in [5, 5.41) is 2.75. The molecule has 1 aromatic heterocycles. The predicted octanol–water partition coefficient (Wildman–Crippen LogP) is 2.22. The Balaban J connectivity index is 1.95. The summed E-state index contributed by atoms with van der Waals surface area (Å²) in [4.78, 5) is 15.8. The number of carbonyl (C=O) groups is 1. The molecule has 2 aromatic rings. The van der Waals surface area contributed by atoms with Crippen LogP contribution in [0.1, 0.15) is 27.6 Å². The van der Waals surface area contributed by atoms with Gasteiger partial charge in [0.1, 0.15) is 5.76 Å². The largest absolute Gasteiger partial charge is 0.444 e. The van der Waals surface area contributed by atoms with Crippen LogP contribution in [0, 0.1) is 13.8 Å². The third-order valence-corrected chi connectivity index (χ3v) is 2.38. The van der Waals surface area contributed by atoms with Crippen LogP contribution >= 0.6 is 0 Å². The molecule has 1 heterocycles. The Morgan fingerprint density at radius 2 is 2.00 bits per heavy atom. The minimum atomic E-state index is -0.124. The van der Waals surface area contributed by atoms with Crippen molar-refractivity contribution in [3.8, 4) is 0 Å². The first-order valence-corrected chi connectivity index (χ1v) is 5.41. The molecule has 4 heteroatoms. The van der Waals surface area contributed by atoms with E-state index in [1.807, 2.05) is 26.0 Å². The smallest absolute Gasteiger partial charge is 0.251 e. The maximum atomic E-state index is 11.8. The van der Waals surface area contributed by atoms with E-state index >= 15 is 0 Å². The van der Waals surface area contributed by atoms with Crippen LogP contribution in [0.15, 0.2) is 34.9 Å². The molecular weight excluding hydrogens is 216 g/mol. The summed E-state index contributed by atoms with van der Waals surface area (Å²) in [6, 6.07) is 7.41. The van der Waals surface area contributed by atoms with Crippen LogP contribution in [0.3, 0.4) is 0 Å². The second kappa shape index (κ2) is 4.82. The summed E-state index contributed by atoms with van der Waals surface area (Å²) in [7, 11) is 0. The van der Waals surface area contributed by atoms with Gasteiger partial charge in [0, 0.05) is 5.56 Å². The Labute approximate surface area is 99.7 Å². The maximum absolute atomic E-state index is 11.8. The summed E-state index contributed by atoms with van der Waals surface area (Å²) in [5.74, 6) is 1.13. The van der Waals surface area contributed by atoms with Crippen molar-refractivity contribution in [3.63, 3.8) is 0 Å². The molecule has 0 bridgehead atoms. The Bertz CT molecular complexity index is 514. The number of aromatic nitrogens is 1. The molecule has 0 spiro atoms. The maximum Gasteiger partial charge on any atom is 0.251 e. The van der Waals surface area contributed by atoms with Gasteiger partial charge in [-0.05, 0) is 26.0 Å². The summed E-state index contributed by atoms with van der Waals surface area (Å²) in [5.41, 5.74) is 1.77. The van der Waals surface area contributed by atoms with Crippen LogP contribution in [0.2, 0.25) is 0 Å². The summed E-state index contributed by atoms with van der Waals surface area (Å²) in [6.07, 6.45) is 1.63. The topological polar surface area (TPSA) is 55.1 Å². The molecule has 0 aliphatic rings. The van der Waals surface area contributed by atoms with Gasteiger partial charge in [-0.3, -0.25) is 4.79 Å². The third kappa shape index (κ3) is 2.93. The highest BCUT2D eigenvalue weighted by molar-refractivity contribution is 5.94. The lowest BCUT2D eigenvalue weighted by molar-refractivity contribution is 0.0947. The van der Waals surface area contributed by atoms with Crippen molar-refractivity contribution in [2.24, 2.45) is 0 Å². The minimum absolute atomic E-state index is 0.124. The van der Waals surface area contributed by atoms with Crippen LogP contribution in [0.4, 0.5) is 0 Å². The second-order valence-electron chi connectivity index (χ2n) is 3.91. The van der Waals surface area contributed by atoms with Crippen molar-refractivity contribution in [2.45, 2.75) is 20.4 Å². The number of carbonyl (C=O) groups excluding carboxylic acids is 1. The van der Waals surface area contributed by atoms with Crippen molar-refractivity contribution in [2.75, 3.05) is 0 Å². The number of oxazole rings is 1. The molecule has 0 fully saturated rings. The van der Waals surface area contributed by atoms with Gasteiger partial charge in [0.25, 0.3) is 5.91 Å². The number of rotatable bonds is 3.